The van der Waals surface area contributed by atoms with E-state index in [2.05, 4.69) is 26.1 Å². The fraction of sp³-hybridized carbons (Fsp3) is 0.591. The highest BCUT2D eigenvalue weighted by Crippen LogP contribution is 2.52. The Morgan fingerprint density at radius 3 is 2.50 bits per heavy atom. The average Bonchev–Trinajstić information content (AvgIpc) is 2.87. The molecule has 6 heteroatoms. The smallest absolute Gasteiger partial charge is 0.325 e. The second-order valence-corrected chi connectivity index (χ2v) is 9.44. The molecule has 1 N–H and O–H groups in total. The molecule has 6 nitrogen and oxygen atoms in total. The van der Waals surface area contributed by atoms with Crippen molar-refractivity contribution in [3.8, 4) is 0 Å². The fourth-order valence-electron chi connectivity index (χ4n) is 4.99. The molecule has 1 saturated heterocycles. The van der Waals surface area contributed by atoms with Crippen molar-refractivity contribution in [3.05, 3.63) is 35.4 Å². The molecule has 152 valence electrons. The molecular formula is C22H30N2O4. The lowest BCUT2D eigenvalue weighted by atomic mass is 9.65. The van der Waals surface area contributed by atoms with Gasteiger partial charge in [0.25, 0.3) is 11.8 Å². The minimum atomic E-state index is -0.609. The van der Waals surface area contributed by atoms with Gasteiger partial charge in [-0.3, -0.25) is 14.4 Å². The SMILES string of the molecule is Cc1ccc(C(=O)NCC(=O)OCC(=O)N2C[C@]3(C)C[C@@H]2CC(C)(C)C3)cc1. The summed E-state index contributed by atoms with van der Waals surface area (Å²) in [4.78, 5) is 38.5. The third-order valence-corrected chi connectivity index (χ3v) is 5.80. The van der Waals surface area contributed by atoms with Gasteiger partial charge in [-0.05, 0) is 49.1 Å². The number of amides is 2. The quantitative estimate of drug-likeness (QED) is 0.790. The van der Waals surface area contributed by atoms with E-state index in [0.717, 1.165) is 31.4 Å². The van der Waals surface area contributed by atoms with E-state index >= 15 is 0 Å². The molecule has 2 atom stereocenters. The molecule has 1 heterocycles. The number of carbonyl (C=O) groups is 3. The predicted molar refractivity (Wildman–Crippen MR) is 106 cm³/mol. The number of rotatable bonds is 5. The third-order valence-electron chi connectivity index (χ3n) is 5.80. The zero-order chi connectivity index (χ0) is 20.5. The number of esters is 1. The Labute approximate surface area is 166 Å². The number of aryl methyl sites for hydroxylation is 1. The van der Waals surface area contributed by atoms with Gasteiger partial charge in [0.15, 0.2) is 6.61 Å². The van der Waals surface area contributed by atoms with Crippen molar-refractivity contribution in [2.75, 3.05) is 19.7 Å². The summed E-state index contributed by atoms with van der Waals surface area (Å²) in [7, 11) is 0. The van der Waals surface area contributed by atoms with Gasteiger partial charge in [-0.2, -0.15) is 0 Å². The number of nitrogens with zero attached hydrogens (tertiary/aromatic N) is 1. The van der Waals surface area contributed by atoms with Crippen LogP contribution in [0.1, 0.15) is 56.0 Å². The number of hydrogen-bond acceptors (Lipinski definition) is 4. The molecule has 2 aliphatic rings. The molecule has 3 rings (SSSR count). The van der Waals surface area contributed by atoms with E-state index in [1.807, 2.05) is 24.0 Å². The largest absolute Gasteiger partial charge is 0.454 e. The monoisotopic (exact) mass is 386 g/mol. The summed E-state index contributed by atoms with van der Waals surface area (Å²) in [6.45, 7) is 8.87. The van der Waals surface area contributed by atoms with Crippen LogP contribution in [0.25, 0.3) is 0 Å². The van der Waals surface area contributed by atoms with Crippen LogP contribution in [0.5, 0.6) is 0 Å². The molecule has 0 spiro atoms. The van der Waals surface area contributed by atoms with Gasteiger partial charge in [0.05, 0.1) is 0 Å². The number of likely N-dealkylation sites (tertiary alicyclic amines) is 1. The van der Waals surface area contributed by atoms with Crippen LogP contribution in [-0.4, -0.2) is 48.4 Å². The summed E-state index contributed by atoms with van der Waals surface area (Å²) in [5.41, 5.74) is 1.91. The minimum Gasteiger partial charge on any atom is -0.454 e. The number of nitrogens with one attached hydrogen (secondary N) is 1. The topological polar surface area (TPSA) is 75.7 Å². The number of fused-ring (bicyclic) bond motifs is 2. The van der Waals surface area contributed by atoms with E-state index < -0.39 is 5.97 Å². The number of benzene rings is 1. The molecule has 2 amide bonds. The Hall–Kier alpha value is -2.37. The molecule has 1 aliphatic heterocycles. The highest BCUT2D eigenvalue weighted by atomic mass is 16.5. The molecule has 2 bridgehead atoms. The lowest BCUT2D eigenvalue weighted by Gasteiger charge is -2.39. The molecular weight excluding hydrogens is 356 g/mol. The molecule has 1 aromatic rings. The summed E-state index contributed by atoms with van der Waals surface area (Å²) in [5, 5.41) is 2.53. The van der Waals surface area contributed by atoms with Crippen molar-refractivity contribution >= 4 is 17.8 Å². The van der Waals surface area contributed by atoms with E-state index in [1.54, 1.807) is 12.1 Å². The summed E-state index contributed by atoms with van der Waals surface area (Å²) < 4.78 is 5.11. The highest BCUT2D eigenvalue weighted by molar-refractivity contribution is 5.96. The summed E-state index contributed by atoms with van der Waals surface area (Å²) >= 11 is 0. The van der Waals surface area contributed by atoms with Crippen molar-refractivity contribution in [2.45, 2.75) is 53.0 Å². The van der Waals surface area contributed by atoms with Gasteiger partial charge in [-0.15, -0.1) is 0 Å². The first-order chi connectivity index (χ1) is 13.1. The van der Waals surface area contributed by atoms with Crippen LogP contribution in [-0.2, 0) is 14.3 Å². The fourth-order valence-corrected chi connectivity index (χ4v) is 4.99. The third kappa shape index (κ3) is 4.72. The van der Waals surface area contributed by atoms with Crippen LogP contribution in [0.3, 0.4) is 0 Å². The summed E-state index contributed by atoms with van der Waals surface area (Å²) in [5.74, 6) is -1.10. The Bertz CT molecular complexity index is 771. The van der Waals surface area contributed by atoms with Gasteiger partial charge in [0.1, 0.15) is 6.54 Å². The van der Waals surface area contributed by atoms with Crippen molar-refractivity contribution in [2.24, 2.45) is 10.8 Å². The zero-order valence-electron chi connectivity index (χ0n) is 17.2. The average molecular weight is 386 g/mol. The van der Waals surface area contributed by atoms with Gasteiger partial charge in [-0.25, -0.2) is 0 Å². The maximum atomic E-state index is 12.6. The standard InChI is InChI=1S/C22H30N2O4/c1-15-5-7-16(8-6-15)20(27)23-11-19(26)28-12-18(25)24-14-22(4)10-17(24)9-21(2,3)13-22/h5-8,17H,9-14H2,1-4H3,(H,23,27)/t17-,22+/m0/s1. The molecule has 28 heavy (non-hydrogen) atoms. The van der Waals surface area contributed by atoms with Gasteiger partial charge in [0, 0.05) is 18.2 Å². The van der Waals surface area contributed by atoms with Crippen molar-refractivity contribution in [3.63, 3.8) is 0 Å². The van der Waals surface area contributed by atoms with E-state index in [1.165, 1.54) is 0 Å². The predicted octanol–water partition coefficient (Wildman–Crippen LogP) is 2.70. The number of carbonyl (C=O) groups excluding carboxylic acids is 3. The Kier molecular flexibility index (Phi) is 5.50. The molecule has 0 unspecified atom stereocenters. The first-order valence-electron chi connectivity index (χ1n) is 9.87. The van der Waals surface area contributed by atoms with Gasteiger partial charge >= 0.3 is 5.97 Å². The lowest BCUT2D eigenvalue weighted by Crippen LogP contribution is -2.40. The molecule has 0 radical (unpaired) electrons. The van der Waals surface area contributed by atoms with Crippen LogP contribution < -0.4 is 5.32 Å². The number of ether oxygens (including phenoxy) is 1. The van der Waals surface area contributed by atoms with Crippen molar-refractivity contribution in [1.82, 2.24) is 10.2 Å². The Balaban J connectivity index is 1.45. The first-order valence-corrected chi connectivity index (χ1v) is 9.87. The maximum Gasteiger partial charge on any atom is 0.325 e. The zero-order valence-corrected chi connectivity index (χ0v) is 17.2. The van der Waals surface area contributed by atoms with Gasteiger partial charge < -0.3 is 15.0 Å². The van der Waals surface area contributed by atoms with E-state index in [-0.39, 0.29) is 41.8 Å². The van der Waals surface area contributed by atoms with Gasteiger partial charge in [0.2, 0.25) is 0 Å². The maximum absolute atomic E-state index is 12.6. The van der Waals surface area contributed by atoms with Crippen LogP contribution >= 0.6 is 0 Å². The van der Waals surface area contributed by atoms with Crippen LogP contribution in [0.4, 0.5) is 0 Å². The van der Waals surface area contributed by atoms with Gasteiger partial charge in [-0.1, -0.05) is 38.5 Å². The normalized spacial score (nSPS) is 25.3. The molecule has 2 fully saturated rings. The number of hydrogen-bond donors (Lipinski definition) is 1. The van der Waals surface area contributed by atoms with Crippen LogP contribution in [0.2, 0.25) is 0 Å². The second-order valence-electron chi connectivity index (χ2n) is 9.44. The molecule has 1 aromatic carbocycles. The first kappa shape index (κ1) is 20.4. The lowest BCUT2D eigenvalue weighted by molar-refractivity contribution is -0.151. The molecule has 1 saturated carbocycles. The van der Waals surface area contributed by atoms with E-state index in [0.29, 0.717) is 5.56 Å². The van der Waals surface area contributed by atoms with Crippen molar-refractivity contribution in [1.29, 1.82) is 0 Å². The summed E-state index contributed by atoms with van der Waals surface area (Å²) in [6.07, 6.45) is 3.10. The molecule has 0 aromatic heterocycles. The van der Waals surface area contributed by atoms with Crippen LogP contribution in [0.15, 0.2) is 24.3 Å². The minimum absolute atomic E-state index is 0.147. The highest BCUT2D eigenvalue weighted by Gasteiger charge is 2.50. The second kappa shape index (κ2) is 7.57. The molecule has 1 aliphatic carbocycles. The van der Waals surface area contributed by atoms with Crippen LogP contribution in [0, 0.1) is 17.8 Å². The summed E-state index contributed by atoms with van der Waals surface area (Å²) in [6, 6.07) is 7.29. The van der Waals surface area contributed by atoms with Crippen molar-refractivity contribution < 1.29 is 19.1 Å². The Morgan fingerprint density at radius 2 is 1.82 bits per heavy atom. The van der Waals surface area contributed by atoms with E-state index in [9.17, 15) is 14.4 Å². The van der Waals surface area contributed by atoms with E-state index in [4.69, 9.17) is 4.74 Å². The Morgan fingerprint density at radius 1 is 1.14 bits per heavy atom.